The van der Waals surface area contributed by atoms with Gasteiger partial charge in [0.05, 0.1) is 0 Å². The molecule has 0 spiro atoms. The van der Waals surface area contributed by atoms with E-state index >= 15 is 0 Å². The second-order valence-corrected chi connectivity index (χ2v) is 9.65. The van der Waals surface area contributed by atoms with Gasteiger partial charge < -0.3 is 15.0 Å². The largest absolute Gasteiger partial charge is 0.484 e. The summed E-state index contributed by atoms with van der Waals surface area (Å²) in [7, 11) is 0. The molecule has 36 heavy (non-hydrogen) atoms. The number of hydrogen-bond acceptors (Lipinski definition) is 3. The zero-order valence-electron chi connectivity index (χ0n) is 20.8. The molecule has 1 N–H and O–H groups in total. The van der Waals surface area contributed by atoms with Crippen molar-refractivity contribution < 1.29 is 14.3 Å². The molecule has 3 aromatic rings. The highest BCUT2D eigenvalue weighted by Crippen LogP contribution is 2.27. The maximum Gasteiger partial charge on any atom is 0.261 e. The molecule has 0 unspecified atom stereocenters. The topological polar surface area (TPSA) is 58.6 Å². The van der Waals surface area contributed by atoms with E-state index in [0.29, 0.717) is 40.2 Å². The van der Waals surface area contributed by atoms with E-state index in [0.717, 1.165) is 5.56 Å². The van der Waals surface area contributed by atoms with Gasteiger partial charge in [-0.05, 0) is 48.2 Å². The van der Waals surface area contributed by atoms with Crippen molar-refractivity contribution in [2.75, 3.05) is 13.2 Å². The van der Waals surface area contributed by atoms with Crippen LogP contribution in [0.2, 0.25) is 10.0 Å². The number of hydrogen-bond donors (Lipinski definition) is 1. The van der Waals surface area contributed by atoms with Gasteiger partial charge in [-0.15, -0.1) is 0 Å². The Labute approximate surface area is 223 Å². The summed E-state index contributed by atoms with van der Waals surface area (Å²) in [5.41, 5.74) is 2.70. The maximum atomic E-state index is 13.6. The van der Waals surface area contributed by atoms with Crippen molar-refractivity contribution in [2.45, 2.75) is 45.7 Å². The molecule has 5 nitrogen and oxygen atoms in total. The van der Waals surface area contributed by atoms with Gasteiger partial charge in [-0.3, -0.25) is 9.59 Å². The van der Waals surface area contributed by atoms with Crippen LogP contribution in [-0.4, -0.2) is 35.9 Å². The molecule has 0 saturated heterocycles. The molecular formula is C29H32Cl2N2O3. The smallest absolute Gasteiger partial charge is 0.261 e. The quantitative estimate of drug-likeness (QED) is 0.320. The molecule has 0 aliphatic heterocycles. The summed E-state index contributed by atoms with van der Waals surface area (Å²) in [5, 5.41) is 3.73. The van der Waals surface area contributed by atoms with Gasteiger partial charge in [0.1, 0.15) is 11.8 Å². The predicted molar refractivity (Wildman–Crippen MR) is 146 cm³/mol. The van der Waals surface area contributed by atoms with E-state index in [-0.39, 0.29) is 25.0 Å². The minimum atomic E-state index is -0.779. The highest BCUT2D eigenvalue weighted by Gasteiger charge is 2.31. The first kappa shape index (κ1) is 27.6. The number of benzene rings is 3. The number of rotatable bonds is 11. The minimum Gasteiger partial charge on any atom is -0.484 e. The van der Waals surface area contributed by atoms with Crippen LogP contribution in [0, 0.1) is 0 Å². The standard InChI is InChI=1S/C29H32Cl2N2O3/c1-4-32-29(35)27(17-21-9-6-5-7-10-21)33(18-24-25(30)11-8-12-26(24)31)28(34)19-36-23-15-13-22(14-16-23)20(2)3/h5-16,20,27H,4,17-19H2,1-3H3,(H,32,35)/t27-/m0/s1. The zero-order chi connectivity index (χ0) is 26.1. The first-order valence-electron chi connectivity index (χ1n) is 12.1. The summed E-state index contributed by atoms with van der Waals surface area (Å²) < 4.78 is 5.83. The molecule has 0 bridgehead atoms. The van der Waals surface area contributed by atoms with Crippen LogP contribution in [0.25, 0.3) is 0 Å². The fourth-order valence-corrected chi connectivity index (χ4v) is 4.39. The van der Waals surface area contributed by atoms with Gasteiger partial charge in [0.25, 0.3) is 5.91 Å². The molecule has 0 heterocycles. The second-order valence-electron chi connectivity index (χ2n) is 8.83. The Kier molecular flexibility index (Phi) is 10.2. The van der Waals surface area contributed by atoms with Crippen molar-refractivity contribution >= 4 is 35.0 Å². The van der Waals surface area contributed by atoms with Crippen molar-refractivity contribution in [3.05, 3.63) is 99.5 Å². The molecule has 0 aliphatic rings. The summed E-state index contributed by atoms with van der Waals surface area (Å²) in [6.07, 6.45) is 0.337. The molecule has 0 aromatic heterocycles. The molecule has 7 heteroatoms. The van der Waals surface area contributed by atoms with Gasteiger partial charge in [-0.1, -0.05) is 85.6 Å². The van der Waals surface area contributed by atoms with Crippen molar-refractivity contribution in [2.24, 2.45) is 0 Å². The SMILES string of the molecule is CCNC(=O)[C@H](Cc1ccccc1)N(Cc1c(Cl)cccc1Cl)C(=O)COc1ccc(C(C)C)cc1. The maximum absolute atomic E-state index is 13.6. The fraction of sp³-hybridized carbons (Fsp3) is 0.310. The number of halogens is 2. The highest BCUT2D eigenvalue weighted by molar-refractivity contribution is 6.36. The van der Waals surface area contributed by atoms with Gasteiger partial charge in [-0.25, -0.2) is 0 Å². The third-order valence-corrected chi connectivity index (χ3v) is 6.63. The molecule has 0 radical (unpaired) electrons. The summed E-state index contributed by atoms with van der Waals surface area (Å²) in [5.74, 6) is 0.388. The summed E-state index contributed by atoms with van der Waals surface area (Å²) >= 11 is 12.9. The fourth-order valence-electron chi connectivity index (χ4n) is 3.88. The Bertz CT molecular complexity index is 1130. The Hall–Kier alpha value is -3.02. The van der Waals surface area contributed by atoms with Crippen LogP contribution in [0.15, 0.2) is 72.8 Å². The van der Waals surface area contributed by atoms with Crippen LogP contribution in [0.3, 0.4) is 0 Å². The predicted octanol–water partition coefficient (Wildman–Crippen LogP) is 6.27. The number of amides is 2. The first-order chi connectivity index (χ1) is 17.3. The van der Waals surface area contributed by atoms with E-state index in [1.54, 1.807) is 18.2 Å². The van der Waals surface area contributed by atoms with Crippen molar-refractivity contribution in [3.63, 3.8) is 0 Å². The van der Waals surface area contributed by atoms with E-state index in [2.05, 4.69) is 19.2 Å². The molecule has 0 aliphatic carbocycles. The summed E-state index contributed by atoms with van der Waals surface area (Å²) in [6.45, 7) is 6.36. The molecular weight excluding hydrogens is 495 g/mol. The van der Waals surface area contributed by atoms with E-state index in [1.807, 2.05) is 61.5 Å². The Morgan fingerprint density at radius 3 is 2.14 bits per heavy atom. The number of nitrogens with zero attached hydrogens (tertiary/aromatic N) is 1. The van der Waals surface area contributed by atoms with Gasteiger partial charge in [0, 0.05) is 35.1 Å². The highest BCUT2D eigenvalue weighted by atomic mass is 35.5. The monoisotopic (exact) mass is 526 g/mol. The lowest BCUT2D eigenvalue weighted by Crippen LogP contribution is -2.51. The van der Waals surface area contributed by atoms with E-state index in [9.17, 15) is 9.59 Å². The number of ether oxygens (including phenoxy) is 1. The van der Waals surface area contributed by atoms with E-state index < -0.39 is 6.04 Å². The molecule has 3 aromatic carbocycles. The van der Waals surface area contributed by atoms with Crippen molar-refractivity contribution in [1.82, 2.24) is 10.2 Å². The lowest BCUT2D eigenvalue weighted by atomic mass is 10.0. The number of likely N-dealkylation sites (N-methyl/N-ethyl adjacent to an activating group) is 1. The van der Waals surface area contributed by atoms with Gasteiger partial charge in [-0.2, -0.15) is 0 Å². The van der Waals surface area contributed by atoms with Crippen molar-refractivity contribution in [3.8, 4) is 5.75 Å². The third kappa shape index (κ3) is 7.49. The Morgan fingerprint density at radius 2 is 1.56 bits per heavy atom. The molecule has 1 atom stereocenters. The van der Waals surface area contributed by atoms with Crippen LogP contribution >= 0.6 is 23.2 Å². The van der Waals surface area contributed by atoms with E-state index in [4.69, 9.17) is 27.9 Å². The van der Waals surface area contributed by atoms with Gasteiger partial charge in [0.15, 0.2) is 6.61 Å². The number of nitrogens with one attached hydrogen (secondary N) is 1. The third-order valence-electron chi connectivity index (χ3n) is 5.92. The average molecular weight is 527 g/mol. The van der Waals surface area contributed by atoms with Crippen molar-refractivity contribution in [1.29, 1.82) is 0 Å². The molecule has 3 rings (SSSR count). The minimum absolute atomic E-state index is 0.0711. The lowest BCUT2D eigenvalue weighted by molar-refractivity contribution is -0.142. The summed E-state index contributed by atoms with van der Waals surface area (Å²) in [4.78, 5) is 28.3. The lowest BCUT2D eigenvalue weighted by Gasteiger charge is -2.32. The molecule has 2 amide bonds. The summed E-state index contributed by atoms with van der Waals surface area (Å²) in [6, 6.07) is 21.7. The van der Waals surface area contributed by atoms with Crippen LogP contribution in [0.4, 0.5) is 0 Å². The Balaban J connectivity index is 1.90. The van der Waals surface area contributed by atoms with E-state index in [1.165, 1.54) is 10.5 Å². The van der Waals surface area contributed by atoms with Crippen LogP contribution < -0.4 is 10.1 Å². The zero-order valence-corrected chi connectivity index (χ0v) is 22.4. The first-order valence-corrected chi connectivity index (χ1v) is 12.8. The molecule has 0 fully saturated rings. The average Bonchev–Trinajstić information content (AvgIpc) is 2.87. The number of carbonyl (C=O) groups excluding carboxylic acids is 2. The van der Waals surface area contributed by atoms with Crippen LogP contribution in [-0.2, 0) is 22.6 Å². The van der Waals surface area contributed by atoms with Gasteiger partial charge in [0.2, 0.25) is 5.91 Å². The van der Waals surface area contributed by atoms with Gasteiger partial charge >= 0.3 is 0 Å². The van der Waals surface area contributed by atoms with Crippen LogP contribution in [0.1, 0.15) is 43.4 Å². The Morgan fingerprint density at radius 1 is 0.917 bits per heavy atom. The van der Waals surface area contributed by atoms with Crippen LogP contribution in [0.5, 0.6) is 5.75 Å². The molecule has 0 saturated carbocycles. The normalized spacial score (nSPS) is 11.7. The molecule has 190 valence electrons. The second kappa shape index (κ2) is 13.3. The number of carbonyl (C=O) groups is 2.